The van der Waals surface area contributed by atoms with Crippen molar-refractivity contribution in [2.24, 2.45) is 0 Å². The summed E-state index contributed by atoms with van der Waals surface area (Å²) in [6.45, 7) is 0.379. The minimum Gasteiger partial charge on any atom is -0.497 e. The molecular weight excluding hydrogens is 344 g/mol. The van der Waals surface area contributed by atoms with E-state index < -0.39 is 0 Å². The van der Waals surface area contributed by atoms with Crippen LogP contribution in [0.1, 0.15) is 32.0 Å². The van der Waals surface area contributed by atoms with Gasteiger partial charge in [0.25, 0.3) is 5.91 Å². The summed E-state index contributed by atoms with van der Waals surface area (Å²) < 4.78 is 10.2. The van der Waals surface area contributed by atoms with Crippen LogP contribution < -0.4 is 14.8 Å². The number of aromatic nitrogens is 1. The van der Waals surface area contributed by atoms with E-state index in [4.69, 9.17) is 9.47 Å². The molecule has 27 heavy (non-hydrogen) atoms. The van der Waals surface area contributed by atoms with E-state index in [0.29, 0.717) is 29.1 Å². The number of hydrogen-bond acceptors (Lipinski definition) is 4. The first-order valence-corrected chi connectivity index (χ1v) is 8.39. The number of ketones is 1. The van der Waals surface area contributed by atoms with Gasteiger partial charge in [-0.15, -0.1) is 0 Å². The monoisotopic (exact) mass is 364 g/mol. The second kappa shape index (κ2) is 8.23. The fraction of sp³-hybridized carbons (Fsp3) is 0.143. The number of aromatic amines is 1. The van der Waals surface area contributed by atoms with E-state index in [0.717, 1.165) is 11.3 Å². The lowest BCUT2D eigenvalue weighted by Gasteiger charge is -2.05. The quantitative estimate of drug-likeness (QED) is 0.631. The molecule has 0 spiro atoms. The number of methoxy groups -OCH3 is 2. The van der Waals surface area contributed by atoms with Gasteiger partial charge in [-0.1, -0.05) is 12.1 Å². The van der Waals surface area contributed by atoms with Crippen molar-refractivity contribution in [3.8, 4) is 11.5 Å². The normalized spacial score (nSPS) is 10.3. The van der Waals surface area contributed by atoms with Crippen molar-refractivity contribution in [2.45, 2.75) is 6.54 Å². The Hall–Kier alpha value is -3.54. The molecule has 3 rings (SSSR count). The first-order valence-electron chi connectivity index (χ1n) is 8.39. The number of carbonyl (C=O) groups excluding carboxylic acids is 2. The lowest BCUT2D eigenvalue weighted by Crippen LogP contribution is -2.23. The van der Waals surface area contributed by atoms with Gasteiger partial charge in [0, 0.05) is 23.9 Å². The predicted octanol–water partition coefficient (Wildman–Crippen LogP) is 3.19. The van der Waals surface area contributed by atoms with Crippen molar-refractivity contribution >= 4 is 11.7 Å². The molecule has 2 aromatic carbocycles. The molecule has 0 aliphatic rings. The molecule has 0 saturated heterocycles. The first kappa shape index (κ1) is 18.3. The lowest BCUT2D eigenvalue weighted by molar-refractivity contribution is 0.0946. The Balaban J connectivity index is 1.63. The van der Waals surface area contributed by atoms with Crippen LogP contribution in [0, 0.1) is 0 Å². The largest absolute Gasteiger partial charge is 0.497 e. The predicted molar refractivity (Wildman–Crippen MR) is 101 cm³/mol. The van der Waals surface area contributed by atoms with Gasteiger partial charge in [0.15, 0.2) is 5.78 Å². The summed E-state index contributed by atoms with van der Waals surface area (Å²) in [5.41, 5.74) is 2.24. The molecule has 0 radical (unpaired) electrons. The number of ether oxygens (including phenoxy) is 2. The highest BCUT2D eigenvalue weighted by Gasteiger charge is 2.14. The SMILES string of the molecule is COc1ccc(CNC(=O)c2cc(C(=O)c3ccc(OC)cc3)c[nH]2)cc1. The summed E-state index contributed by atoms with van der Waals surface area (Å²) in [4.78, 5) is 27.7. The van der Waals surface area contributed by atoms with Gasteiger partial charge in [0.1, 0.15) is 17.2 Å². The summed E-state index contributed by atoms with van der Waals surface area (Å²) in [5, 5.41) is 2.82. The van der Waals surface area contributed by atoms with E-state index in [2.05, 4.69) is 10.3 Å². The van der Waals surface area contributed by atoms with Crippen LogP contribution in [-0.4, -0.2) is 30.9 Å². The van der Waals surface area contributed by atoms with Gasteiger partial charge in [0.2, 0.25) is 0 Å². The molecule has 0 aliphatic heterocycles. The summed E-state index contributed by atoms with van der Waals surface area (Å²) in [6, 6.07) is 15.8. The highest BCUT2D eigenvalue weighted by Crippen LogP contribution is 2.16. The maximum atomic E-state index is 12.5. The second-order valence-electron chi connectivity index (χ2n) is 5.89. The van der Waals surface area contributed by atoms with Gasteiger partial charge in [-0.25, -0.2) is 0 Å². The van der Waals surface area contributed by atoms with E-state index >= 15 is 0 Å². The van der Waals surface area contributed by atoms with Crippen LogP contribution in [-0.2, 0) is 6.54 Å². The third-order valence-electron chi connectivity index (χ3n) is 4.15. The van der Waals surface area contributed by atoms with Crippen molar-refractivity contribution in [1.29, 1.82) is 0 Å². The van der Waals surface area contributed by atoms with E-state index in [1.54, 1.807) is 44.6 Å². The molecule has 0 aliphatic carbocycles. The van der Waals surface area contributed by atoms with Crippen LogP contribution >= 0.6 is 0 Å². The third kappa shape index (κ3) is 4.36. The van der Waals surface area contributed by atoms with Crippen LogP contribution in [0.4, 0.5) is 0 Å². The topological polar surface area (TPSA) is 80.4 Å². The van der Waals surface area contributed by atoms with Crippen LogP contribution in [0.25, 0.3) is 0 Å². The minimum absolute atomic E-state index is 0.164. The van der Waals surface area contributed by atoms with Crippen LogP contribution in [0.3, 0.4) is 0 Å². The van der Waals surface area contributed by atoms with Gasteiger partial charge in [-0.05, 0) is 48.0 Å². The molecule has 0 atom stereocenters. The van der Waals surface area contributed by atoms with E-state index in [1.165, 1.54) is 6.20 Å². The van der Waals surface area contributed by atoms with E-state index in [-0.39, 0.29) is 11.7 Å². The Bertz CT molecular complexity index is 928. The molecule has 0 bridgehead atoms. The fourth-order valence-corrected chi connectivity index (χ4v) is 2.59. The van der Waals surface area contributed by atoms with E-state index in [1.807, 2.05) is 24.3 Å². The summed E-state index contributed by atoms with van der Waals surface area (Å²) >= 11 is 0. The Morgan fingerprint density at radius 3 is 2.07 bits per heavy atom. The number of amides is 1. The highest BCUT2D eigenvalue weighted by molar-refractivity contribution is 6.10. The number of carbonyl (C=O) groups is 2. The summed E-state index contributed by atoms with van der Waals surface area (Å²) in [7, 11) is 3.17. The Morgan fingerprint density at radius 1 is 0.889 bits per heavy atom. The molecule has 3 aromatic rings. The van der Waals surface area contributed by atoms with Crippen molar-refractivity contribution in [3.05, 3.63) is 83.2 Å². The van der Waals surface area contributed by atoms with Crippen LogP contribution in [0.2, 0.25) is 0 Å². The molecule has 1 heterocycles. The number of benzene rings is 2. The smallest absolute Gasteiger partial charge is 0.267 e. The molecular formula is C21H20N2O4. The highest BCUT2D eigenvalue weighted by atomic mass is 16.5. The second-order valence-corrected chi connectivity index (χ2v) is 5.89. The molecule has 6 nitrogen and oxygen atoms in total. The maximum Gasteiger partial charge on any atom is 0.267 e. The van der Waals surface area contributed by atoms with Gasteiger partial charge in [-0.3, -0.25) is 9.59 Å². The van der Waals surface area contributed by atoms with Gasteiger partial charge >= 0.3 is 0 Å². The van der Waals surface area contributed by atoms with Crippen LogP contribution in [0.15, 0.2) is 60.8 Å². The zero-order chi connectivity index (χ0) is 19.2. The number of nitrogens with one attached hydrogen (secondary N) is 2. The maximum absolute atomic E-state index is 12.5. The fourth-order valence-electron chi connectivity index (χ4n) is 2.59. The number of hydrogen-bond donors (Lipinski definition) is 2. The average molecular weight is 364 g/mol. The lowest BCUT2D eigenvalue weighted by atomic mass is 10.1. The molecule has 138 valence electrons. The zero-order valence-corrected chi connectivity index (χ0v) is 15.1. The van der Waals surface area contributed by atoms with Crippen molar-refractivity contribution in [2.75, 3.05) is 14.2 Å². The van der Waals surface area contributed by atoms with E-state index in [9.17, 15) is 9.59 Å². The Morgan fingerprint density at radius 2 is 1.48 bits per heavy atom. The zero-order valence-electron chi connectivity index (χ0n) is 15.1. The first-order chi connectivity index (χ1) is 13.1. The third-order valence-corrected chi connectivity index (χ3v) is 4.15. The van der Waals surface area contributed by atoms with Crippen molar-refractivity contribution in [3.63, 3.8) is 0 Å². The summed E-state index contributed by atoms with van der Waals surface area (Å²) in [6.07, 6.45) is 1.54. The molecule has 0 saturated carbocycles. The molecule has 2 N–H and O–H groups in total. The minimum atomic E-state index is -0.278. The van der Waals surface area contributed by atoms with Crippen molar-refractivity contribution < 1.29 is 19.1 Å². The number of H-pyrrole nitrogens is 1. The molecule has 6 heteroatoms. The number of rotatable bonds is 7. The van der Waals surface area contributed by atoms with Crippen LogP contribution in [0.5, 0.6) is 11.5 Å². The van der Waals surface area contributed by atoms with Gasteiger partial charge in [-0.2, -0.15) is 0 Å². The molecule has 1 aromatic heterocycles. The van der Waals surface area contributed by atoms with Crippen molar-refractivity contribution in [1.82, 2.24) is 10.3 Å². The summed E-state index contributed by atoms with van der Waals surface area (Å²) in [5.74, 6) is 0.998. The Labute approximate surface area is 157 Å². The molecule has 0 fully saturated rings. The van der Waals surface area contributed by atoms with Gasteiger partial charge in [0.05, 0.1) is 14.2 Å². The molecule has 0 unspecified atom stereocenters. The molecule has 1 amide bonds. The standard InChI is InChI=1S/C21H20N2O4/c1-26-17-7-3-14(4-8-17)12-23-21(25)19-11-16(13-22-19)20(24)15-5-9-18(27-2)10-6-15/h3-11,13,22H,12H2,1-2H3,(H,23,25). The average Bonchev–Trinajstić information content (AvgIpc) is 3.22. The van der Waals surface area contributed by atoms with Gasteiger partial charge < -0.3 is 19.8 Å². The Kier molecular flexibility index (Phi) is 5.56.